The van der Waals surface area contributed by atoms with Crippen molar-refractivity contribution in [3.63, 3.8) is 0 Å². The van der Waals surface area contributed by atoms with Crippen LogP contribution in [0.5, 0.6) is 0 Å². The van der Waals surface area contributed by atoms with E-state index in [1.54, 1.807) is 6.08 Å². The van der Waals surface area contributed by atoms with E-state index in [0.29, 0.717) is 152 Å². The van der Waals surface area contributed by atoms with E-state index in [9.17, 15) is 4.79 Å². The van der Waals surface area contributed by atoms with Gasteiger partial charge in [-0.15, -0.1) is 6.58 Å². The van der Waals surface area contributed by atoms with Gasteiger partial charge in [-0.25, -0.2) is 0 Å². The Balaban J connectivity index is 3.07. The number of carbonyl (C=O) groups excluding carboxylic acids is 1. The number of carbonyl (C=O) groups is 1. The van der Waals surface area contributed by atoms with Gasteiger partial charge < -0.3 is 56.8 Å². The van der Waals surface area contributed by atoms with Gasteiger partial charge in [-0.2, -0.15) is 0 Å². The molecule has 0 saturated heterocycles. The van der Waals surface area contributed by atoms with Gasteiger partial charge in [0.1, 0.15) is 6.61 Å². The molecule has 0 aromatic carbocycles. The fraction of sp³-hybridized carbons (Fsp3) is 0.903. The van der Waals surface area contributed by atoms with E-state index in [1.165, 1.54) is 0 Å². The highest BCUT2D eigenvalue weighted by molar-refractivity contribution is 5.69. The van der Waals surface area contributed by atoms with Gasteiger partial charge in [0.15, 0.2) is 0 Å². The van der Waals surface area contributed by atoms with E-state index in [4.69, 9.17) is 56.8 Å². The summed E-state index contributed by atoms with van der Waals surface area (Å²) < 4.78 is 64.7. The Bertz CT molecular complexity index is 569. The van der Waals surface area contributed by atoms with Crippen molar-refractivity contribution in [3.8, 4) is 0 Å². The summed E-state index contributed by atoms with van der Waals surface area (Å²) >= 11 is 0. The minimum Gasteiger partial charge on any atom is -0.463 e. The summed E-state index contributed by atoms with van der Waals surface area (Å²) in [6.07, 6.45) is 5.20. The normalized spacial score (nSPS) is 11.3. The highest BCUT2D eigenvalue weighted by atomic mass is 16.6. The van der Waals surface area contributed by atoms with Crippen LogP contribution in [-0.2, 0) is 61.6 Å². The smallest absolute Gasteiger partial charge is 0.305 e. The Kier molecular flexibility index (Phi) is 38.7. The number of hydrogen-bond acceptors (Lipinski definition) is 13. The molecule has 0 atom stereocenters. The molecule has 0 unspecified atom stereocenters. The van der Waals surface area contributed by atoms with Gasteiger partial charge in [-0.3, -0.25) is 4.79 Å². The molecule has 0 N–H and O–H groups in total. The number of esters is 1. The van der Waals surface area contributed by atoms with E-state index >= 15 is 0 Å². The van der Waals surface area contributed by atoms with Crippen molar-refractivity contribution in [2.24, 2.45) is 0 Å². The summed E-state index contributed by atoms with van der Waals surface area (Å²) in [5.74, 6) is -0.160. The van der Waals surface area contributed by atoms with Crippen LogP contribution in [0.15, 0.2) is 12.7 Å². The van der Waals surface area contributed by atoms with Gasteiger partial charge in [0.25, 0.3) is 0 Å². The Morgan fingerprint density at radius 3 is 0.977 bits per heavy atom. The summed E-state index contributed by atoms with van der Waals surface area (Å²) in [5, 5.41) is 0. The van der Waals surface area contributed by atoms with E-state index in [2.05, 4.69) is 13.5 Å². The first kappa shape index (κ1) is 42.8. The Hall–Kier alpha value is -1.23. The third-order valence-corrected chi connectivity index (χ3v) is 5.43. The minimum absolute atomic E-state index is 0.160. The molecule has 0 fully saturated rings. The molecule has 0 aliphatic heterocycles. The van der Waals surface area contributed by atoms with Gasteiger partial charge >= 0.3 is 5.97 Å². The average Bonchev–Trinajstić information content (AvgIpc) is 3.03. The summed E-state index contributed by atoms with van der Waals surface area (Å²) in [6.45, 7) is 17.0. The van der Waals surface area contributed by atoms with Crippen molar-refractivity contribution < 1.29 is 61.6 Å². The maximum atomic E-state index is 11.4. The van der Waals surface area contributed by atoms with Crippen LogP contribution >= 0.6 is 0 Å². The summed E-state index contributed by atoms with van der Waals surface area (Å²) in [6, 6.07) is 0. The lowest BCUT2D eigenvalue weighted by Gasteiger charge is -2.09. The number of ether oxygens (including phenoxy) is 12. The molecule has 0 saturated carbocycles. The van der Waals surface area contributed by atoms with Crippen LogP contribution in [0.2, 0.25) is 0 Å². The van der Waals surface area contributed by atoms with Crippen molar-refractivity contribution in [1.29, 1.82) is 0 Å². The standard InChI is InChI=1S/C31H60O13/c1-3-5-6-7-31(32)44-30-29-43-28-27-42-26-25-41-24-23-40-22-21-39-20-19-38-18-17-37-16-15-36-14-13-35-12-11-34-10-9-33-8-4-2/h4H,2-3,5-30H2,1H3. The Labute approximate surface area is 265 Å². The molecular weight excluding hydrogens is 580 g/mol. The lowest BCUT2D eigenvalue weighted by atomic mass is 10.2. The fourth-order valence-electron chi connectivity index (χ4n) is 3.17. The van der Waals surface area contributed by atoms with Crippen LogP contribution in [0.3, 0.4) is 0 Å². The second-order valence-corrected chi connectivity index (χ2v) is 9.16. The molecule has 0 aliphatic rings. The van der Waals surface area contributed by atoms with Crippen molar-refractivity contribution in [2.45, 2.75) is 32.6 Å². The molecule has 13 nitrogen and oxygen atoms in total. The molecular formula is C31H60O13. The van der Waals surface area contributed by atoms with Crippen molar-refractivity contribution in [1.82, 2.24) is 0 Å². The SMILES string of the molecule is C=CCOCCOCCOCCOCCOCCOCCOCCOCCOCCOCCOCCOC(=O)CCCCC. The van der Waals surface area contributed by atoms with Crippen LogP contribution < -0.4 is 0 Å². The monoisotopic (exact) mass is 640 g/mol. The molecule has 0 rings (SSSR count). The van der Waals surface area contributed by atoms with Crippen LogP contribution in [0.1, 0.15) is 32.6 Å². The maximum absolute atomic E-state index is 11.4. The van der Waals surface area contributed by atoms with Crippen molar-refractivity contribution >= 4 is 5.97 Å². The zero-order valence-electron chi connectivity index (χ0n) is 27.2. The Morgan fingerprint density at radius 1 is 0.432 bits per heavy atom. The Morgan fingerprint density at radius 2 is 0.705 bits per heavy atom. The molecule has 44 heavy (non-hydrogen) atoms. The van der Waals surface area contributed by atoms with E-state index < -0.39 is 0 Å². The first-order valence-electron chi connectivity index (χ1n) is 15.9. The highest BCUT2D eigenvalue weighted by Gasteiger charge is 2.02. The third-order valence-electron chi connectivity index (χ3n) is 5.43. The summed E-state index contributed by atoms with van der Waals surface area (Å²) in [7, 11) is 0. The minimum atomic E-state index is -0.160. The lowest BCUT2D eigenvalue weighted by molar-refractivity contribution is -0.145. The number of unbranched alkanes of at least 4 members (excludes halogenated alkanes) is 2. The number of hydrogen-bond donors (Lipinski definition) is 0. The van der Waals surface area contributed by atoms with Crippen molar-refractivity contribution in [2.75, 3.05) is 152 Å². The summed E-state index contributed by atoms with van der Waals surface area (Å²) in [4.78, 5) is 11.4. The first-order chi connectivity index (χ1) is 21.8. The van der Waals surface area contributed by atoms with E-state index in [1.807, 2.05) is 0 Å². The zero-order valence-corrected chi connectivity index (χ0v) is 27.2. The van der Waals surface area contributed by atoms with Crippen LogP contribution in [0.25, 0.3) is 0 Å². The van der Waals surface area contributed by atoms with E-state index in [0.717, 1.165) is 19.3 Å². The van der Waals surface area contributed by atoms with Gasteiger partial charge in [0, 0.05) is 6.42 Å². The fourth-order valence-corrected chi connectivity index (χ4v) is 3.17. The van der Waals surface area contributed by atoms with Crippen LogP contribution in [0.4, 0.5) is 0 Å². The summed E-state index contributed by atoms with van der Waals surface area (Å²) in [5.41, 5.74) is 0. The molecule has 0 aromatic heterocycles. The molecule has 0 amide bonds. The molecule has 0 bridgehead atoms. The van der Waals surface area contributed by atoms with Gasteiger partial charge in [0.2, 0.25) is 0 Å². The lowest BCUT2D eigenvalue weighted by Crippen LogP contribution is -2.15. The van der Waals surface area contributed by atoms with Crippen LogP contribution in [0, 0.1) is 0 Å². The predicted molar refractivity (Wildman–Crippen MR) is 164 cm³/mol. The van der Waals surface area contributed by atoms with Crippen LogP contribution in [-0.4, -0.2) is 158 Å². The molecule has 0 aliphatic carbocycles. The largest absolute Gasteiger partial charge is 0.463 e. The highest BCUT2D eigenvalue weighted by Crippen LogP contribution is 2.00. The molecule has 0 heterocycles. The molecule has 13 heteroatoms. The molecule has 0 aromatic rings. The number of rotatable bonds is 39. The maximum Gasteiger partial charge on any atom is 0.305 e. The average molecular weight is 641 g/mol. The molecule has 0 spiro atoms. The molecule has 262 valence electrons. The third kappa shape index (κ3) is 38.8. The quantitative estimate of drug-likeness (QED) is 0.0555. The van der Waals surface area contributed by atoms with Crippen molar-refractivity contribution in [3.05, 3.63) is 12.7 Å². The topological polar surface area (TPSA) is 128 Å². The zero-order chi connectivity index (χ0) is 31.9. The molecule has 0 radical (unpaired) electrons. The van der Waals surface area contributed by atoms with Gasteiger partial charge in [-0.1, -0.05) is 25.8 Å². The second kappa shape index (κ2) is 39.8. The van der Waals surface area contributed by atoms with E-state index in [-0.39, 0.29) is 12.6 Å². The second-order valence-electron chi connectivity index (χ2n) is 9.16. The first-order valence-corrected chi connectivity index (χ1v) is 15.9. The van der Waals surface area contributed by atoms with Gasteiger partial charge in [0.05, 0.1) is 145 Å². The van der Waals surface area contributed by atoms with Gasteiger partial charge in [-0.05, 0) is 6.42 Å². The predicted octanol–water partition coefficient (Wildman–Crippen LogP) is 2.48.